The third-order valence-corrected chi connectivity index (χ3v) is 4.21. The lowest BCUT2D eigenvalue weighted by Gasteiger charge is -2.31. The number of nitrogens with one attached hydrogen (secondary N) is 1. The van der Waals surface area contributed by atoms with Crippen molar-refractivity contribution in [1.29, 1.82) is 0 Å². The van der Waals surface area contributed by atoms with Crippen molar-refractivity contribution in [1.82, 2.24) is 5.32 Å². The van der Waals surface area contributed by atoms with Crippen LogP contribution in [0.2, 0.25) is 5.02 Å². The summed E-state index contributed by atoms with van der Waals surface area (Å²) in [6, 6.07) is 8.27. The summed E-state index contributed by atoms with van der Waals surface area (Å²) in [6.45, 7) is 7.49. The van der Waals surface area contributed by atoms with Crippen molar-refractivity contribution in [3.8, 4) is 0 Å². The molecular weight excluding hydrogens is 246 g/mol. The standard InChI is InChI=1S/C15H22ClNO/c1-4-15(3)9-10-18-14(11(2)17-15)12-5-7-13(16)8-6-12/h5-8,11,14,17H,4,9-10H2,1-3H3. The van der Waals surface area contributed by atoms with Gasteiger partial charge in [-0.05, 0) is 44.4 Å². The fourth-order valence-electron chi connectivity index (χ4n) is 2.57. The van der Waals surface area contributed by atoms with E-state index in [4.69, 9.17) is 16.3 Å². The fraction of sp³-hybridized carbons (Fsp3) is 0.600. The lowest BCUT2D eigenvalue weighted by molar-refractivity contribution is 0.0460. The largest absolute Gasteiger partial charge is 0.372 e. The summed E-state index contributed by atoms with van der Waals surface area (Å²) < 4.78 is 6.03. The summed E-state index contributed by atoms with van der Waals surface area (Å²) in [6.07, 6.45) is 2.28. The number of hydrogen-bond donors (Lipinski definition) is 1. The molecule has 0 radical (unpaired) electrons. The molecule has 1 saturated heterocycles. The zero-order chi connectivity index (χ0) is 13.2. The predicted molar refractivity (Wildman–Crippen MR) is 76.1 cm³/mol. The Labute approximate surface area is 115 Å². The molecule has 0 aromatic heterocycles. The molecule has 0 aliphatic carbocycles. The second-order valence-electron chi connectivity index (χ2n) is 5.44. The van der Waals surface area contributed by atoms with Crippen molar-refractivity contribution in [3.63, 3.8) is 0 Å². The summed E-state index contributed by atoms with van der Waals surface area (Å²) in [5, 5.41) is 4.48. The van der Waals surface area contributed by atoms with Crippen LogP contribution >= 0.6 is 11.6 Å². The summed E-state index contributed by atoms with van der Waals surface area (Å²) >= 11 is 5.93. The van der Waals surface area contributed by atoms with Gasteiger partial charge in [0.2, 0.25) is 0 Å². The molecule has 1 aliphatic heterocycles. The van der Waals surface area contributed by atoms with Crippen LogP contribution in [0.4, 0.5) is 0 Å². The smallest absolute Gasteiger partial charge is 0.0975 e. The van der Waals surface area contributed by atoms with Crippen LogP contribution in [-0.4, -0.2) is 18.2 Å². The Morgan fingerprint density at radius 3 is 2.67 bits per heavy atom. The first-order valence-electron chi connectivity index (χ1n) is 6.69. The van der Waals surface area contributed by atoms with E-state index >= 15 is 0 Å². The van der Waals surface area contributed by atoms with Gasteiger partial charge < -0.3 is 10.1 Å². The molecule has 3 unspecified atom stereocenters. The molecule has 0 amide bonds. The first kappa shape index (κ1) is 13.9. The molecule has 1 aromatic rings. The number of rotatable bonds is 2. The average Bonchev–Trinajstić information content (AvgIpc) is 2.50. The quantitative estimate of drug-likeness (QED) is 0.876. The van der Waals surface area contributed by atoms with Crippen molar-refractivity contribution < 1.29 is 4.74 Å². The molecule has 1 heterocycles. The third kappa shape index (κ3) is 3.05. The van der Waals surface area contributed by atoms with Crippen molar-refractivity contribution in [3.05, 3.63) is 34.9 Å². The van der Waals surface area contributed by atoms with Gasteiger partial charge >= 0.3 is 0 Å². The first-order chi connectivity index (χ1) is 8.54. The zero-order valence-electron chi connectivity index (χ0n) is 11.4. The highest BCUT2D eigenvalue weighted by Crippen LogP contribution is 2.29. The van der Waals surface area contributed by atoms with Gasteiger partial charge in [0.25, 0.3) is 0 Å². The van der Waals surface area contributed by atoms with Crippen LogP contribution in [0.5, 0.6) is 0 Å². The van der Waals surface area contributed by atoms with Crippen molar-refractivity contribution in [2.24, 2.45) is 0 Å². The molecule has 18 heavy (non-hydrogen) atoms. The van der Waals surface area contributed by atoms with Crippen LogP contribution in [0.1, 0.15) is 45.3 Å². The van der Waals surface area contributed by atoms with E-state index in [0.29, 0.717) is 6.04 Å². The summed E-state index contributed by atoms with van der Waals surface area (Å²) in [5.41, 5.74) is 1.38. The highest BCUT2D eigenvalue weighted by Gasteiger charge is 2.32. The Bertz CT molecular complexity index is 392. The molecule has 1 fully saturated rings. The van der Waals surface area contributed by atoms with Gasteiger partial charge in [-0.1, -0.05) is 30.7 Å². The van der Waals surface area contributed by atoms with Gasteiger partial charge in [-0.15, -0.1) is 0 Å². The monoisotopic (exact) mass is 267 g/mol. The molecule has 3 atom stereocenters. The second-order valence-corrected chi connectivity index (χ2v) is 5.88. The van der Waals surface area contributed by atoms with Crippen molar-refractivity contribution in [2.45, 2.75) is 51.3 Å². The van der Waals surface area contributed by atoms with Gasteiger partial charge in [0.1, 0.15) is 0 Å². The highest BCUT2D eigenvalue weighted by molar-refractivity contribution is 6.30. The van der Waals surface area contributed by atoms with Gasteiger partial charge in [-0.25, -0.2) is 0 Å². The van der Waals surface area contributed by atoms with Gasteiger partial charge in [0.15, 0.2) is 0 Å². The van der Waals surface area contributed by atoms with E-state index in [2.05, 4.69) is 38.2 Å². The molecule has 0 spiro atoms. The Morgan fingerprint density at radius 1 is 1.39 bits per heavy atom. The maximum absolute atomic E-state index is 6.03. The Kier molecular flexibility index (Phi) is 4.31. The highest BCUT2D eigenvalue weighted by atomic mass is 35.5. The molecule has 2 nitrogen and oxygen atoms in total. The van der Waals surface area contributed by atoms with Crippen molar-refractivity contribution in [2.75, 3.05) is 6.61 Å². The minimum Gasteiger partial charge on any atom is -0.372 e. The average molecular weight is 268 g/mol. The zero-order valence-corrected chi connectivity index (χ0v) is 12.1. The van der Waals surface area contributed by atoms with Gasteiger partial charge in [-0.3, -0.25) is 0 Å². The van der Waals surface area contributed by atoms with E-state index in [0.717, 1.165) is 24.5 Å². The van der Waals surface area contributed by atoms with Crippen LogP contribution in [0.25, 0.3) is 0 Å². The van der Waals surface area contributed by atoms with Crippen molar-refractivity contribution >= 4 is 11.6 Å². The molecule has 100 valence electrons. The number of halogens is 1. The fourth-order valence-corrected chi connectivity index (χ4v) is 2.70. The molecular formula is C15H22ClNO. The Hall–Kier alpha value is -0.570. The van der Waals surface area contributed by atoms with Crippen LogP contribution in [0, 0.1) is 0 Å². The normalized spacial score (nSPS) is 33.1. The summed E-state index contributed by atoms with van der Waals surface area (Å²) in [4.78, 5) is 0. The topological polar surface area (TPSA) is 21.3 Å². The molecule has 0 saturated carbocycles. The Morgan fingerprint density at radius 2 is 2.06 bits per heavy atom. The third-order valence-electron chi connectivity index (χ3n) is 3.96. The molecule has 1 aromatic carbocycles. The van der Waals surface area contributed by atoms with E-state index in [1.165, 1.54) is 5.56 Å². The van der Waals surface area contributed by atoms with Crippen LogP contribution in [0.3, 0.4) is 0 Å². The van der Waals surface area contributed by atoms with E-state index < -0.39 is 0 Å². The van der Waals surface area contributed by atoms with E-state index in [-0.39, 0.29) is 11.6 Å². The van der Waals surface area contributed by atoms with Gasteiger partial charge in [0, 0.05) is 23.2 Å². The lowest BCUT2D eigenvalue weighted by atomic mass is 9.93. The molecule has 2 rings (SSSR count). The van der Waals surface area contributed by atoms with Gasteiger partial charge in [0.05, 0.1) is 6.10 Å². The van der Waals surface area contributed by atoms with E-state index in [9.17, 15) is 0 Å². The molecule has 1 aliphatic rings. The number of ether oxygens (including phenoxy) is 1. The van der Waals surface area contributed by atoms with E-state index in [1.54, 1.807) is 0 Å². The molecule has 3 heteroatoms. The predicted octanol–water partition coefficient (Wildman–Crippen LogP) is 3.95. The van der Waals surface area contributed by atoms with Crippen LogP contribution in [-0.2, 0) is 4.74 Å². The maximum atomic E-state index is 6.03. The SMILES string of the molecule is CCC1(C)CCOC(c2ccc(Cl)cc2)C(C)N1. The summed E-state index contributed by atoms with van der Waals surface area (Å²) in [5.74, 6) is 0. The Balaban J connectivity index is 2.16. The first-order valence-corrected chi connectivity index (χ1v) is 7.06. The molecule has 1 N–H and O–H groups in total. The minimum atomic E-state index is 0.107. The van der Waals surface area contributed by atoms with E-state index in [1.807, 2.05) is 12.1 Å². The number of benzene rings is 1. The maximum Gasteiger partial charge on any atom is 0.0975 e. The van der Waals surface area contributed by atoms with Crippen LogP contribution < -0.4 is 5.32 Å². The summed E-state index contributed by atoms with van der Waals surface area (Å²) in [7, 11) is 0. The second kappa shape index (κ2) is 5.60. The molecule has 0 bridgehead atoms. The van der Waals surface area contributed by atoms with Crippen LogP contribution in [0.15, 0.2) is 24.3 Å². The lowest BCUT2D eigenvalue weighted by Crippen LogP contribution is -2.47. The van der Waals surface area contributed by atoms with Gasteiger partial charge in [-0.2, -0.15) is 0 Å². The number of hydrogen-bond acceptors (Lipinski definition) is 2. The minimum absolute atomic E-state index is 0.107.